The van der Waals surface area contributed by atoms with Crippen LogP contribution in [0.5, 0.6) is 0 Å². The van der Waals surface area contributed by atoms with E-state index >= 15 is 0 Å². The molecule has 0 aliphatic carbocycles. The van der Waals surface area contributed by atoms with Crippen LogP contribution >= 0.6 is 0 Å². The number of amides is 2. The lowest BCUT2D eigenvalue weighted by Crippen LogP contribution is -2.34. The Morgan fingerprint density at radius 3 is 3.06 bits per heavy atom. The molecule has 1 aromatic rings. The van der Waals surface area contributed by atoms with E-state index < -0.39 is 0 Å². The quantitative estimate of drug-likeness (QED) is 0.724. The number of nitrogens with one attached hydrogen (secondary N) is 1. The van der Waals surface area contributed by atoms with E-state index in [0.717, 1.165) is 0 Å². The monoisotopic (exact) mass is 223 g/mol. The summed E-state index contributed by atoms with van der Waals surface area (Å²) >= 11 is 0. The predicted octanol–water partition coefficient (Wildman–Crippen LogP) is -0.0549. The Balaban J connectivity index is 2.06. The molecule has 0 radical (unpaired) electrons. The minimum atomic E-state index is -0.211. The van der Waals surface area contributed by atoms with Crippen LogP contribution < -0.4 is 5.32 Å². The molecule has 6 heteroatoms. The molecule has 1 saturated heterocycles. The molecule has 0 unspecified atom stereocenters. The standard InChI is InChI=1S/C10H13N3O3/c1-7-6-8(16-12-7)10(15)13-4-2-9(14)11-3-5-13/h6H,2-5H2,1H3,(H,11,14). The lowest BCUT2D eigenvalue weighted by atomic mass is 10.3. The van der Waals surface area contributed by atoms with Gasteiger partial charge in [-0.1, -0.05) is 5.16 Å². The van der Waals surface area contributed by atoms with Crippen LogP contribution in [0.25, 0.3) is 0 Å². The molecule has 0 atom stereocenters. The third-order valence-electron chi connectivity index (χ3n) is 2.44. The van der Waals surface area contributed by atoms with E-state index in [1.807, 2.05) is 0 Å². The Hall–Kier alpha value is -1.85. The molecular formula is C10H13N3O3. The number of hydrogen-bond acceptors (Lipinski definition) is 4. The van der Waals surface area contributed by atoms with E-state index in [1.54, 1.807) is 17.9 Å². The highest BCUT2D eigenvalue weighted by Crippen LogP contribution is 2.08. The maximum atomic E-state index is 11.9. The van der Waals surface area contributed by atoms with Gasteiger partial charge >= 0.3 is 0 Å². The fourth-order valence-corrected chi connectivity index (χ4v) is 1.59. The Morgan fingerprint density at radius 1 is 1.56 bits per heavy atom. The molecule has 1 aromatic heterocycles. The smallest absolute Gasteiger partial charge is 0.292 e. The maximum absolute atomic E-state index is 11.9. The van der Waals surface area contributed by atoms with Crippen molar-refractivity contribution in [3.05, 3.63) is 17.5 Å². The van der Waals surface area contributed by atoms with Gasteiger partial charge in [0.1, 0.15) is 0 Å². The van der Waals surface area contributed by atoms with Crippen molar-refractivity contribution in [1.29, 1.82) is 0 Å². The normalized spacial score (nSPS) is 16.8. The van der Waals surface area contributed by atoms with Crippen LogP contribution in [0.2, 0.25) is 0 Å². The third kappa shape index (κ3) is 2.21. The Morgan fingerprint density at radius 2 is 2.38 bits per heavy atom. The third-order valence-corrected chi connectivity index (χ3v) is 2.44. The highest BCUT2D eigenvalue weighted by atomic mass is 16.5. The molecule has 0 bridgehead atoms. The Labute approximate surface area is 92.6 Å². The van der Waals surface area contributed by atoms with Gasteiger partial charge in [-0.3, -0.25) is 9.59 Å². The molecule has 2 rings (SSSR count). The number of hydrogen-bond donors (Lipinski definition) is 1. The lowest BCUT2D eigenvalue weighted by molar-refractivity contribution is -0.120. The maximum Gasteiger partial charge on any atom is 0.292 e. The largest absolute Gasteiger partial charge is 0.354 e. The van der Waals surface area contributed by atoms with Gasteiger partial charge in [-0.2, -0.15) is 0 Å². The number of carbonyl (C=O) groups is 2. The number of aromatic nitrogens is 1. The molecule has 16 heavy (non-hydrogen) atoms. The Kier molecular flexibility index (Phi) is 2.89. The zero-order chi connectivity index (χ0) is 11.5. The molecule has 86 valence electrons. The molecule has 1 N–H and O–H groups in total. The number of rotatable bonds is 1. The molecule has 1 fully saturated rings. The fourth-order valence-electron chi connectivity index (χ4n) is 1.59. The van der Waals surface area contributed by atoms with Crippen LogP contribution in [-0.2, 0) is 4.79 Å². The van der Waals surface area contributed by atoms with Crippen LogP contribution in [0.3, 0.4) is 0 Å². The topological polar surface area (TPSA) is 75.4 Å². The minimum Gasteiger partial charge on any atom is -0.354 e. The summed E-state index contributed by atoms with van der Waals surface area (Å²) in [5.74, 6) is -0.00648. The second-order valence-corrected chi connectivity index (χ2v) is 3.72. The zero-order valence-electron chi connectivity index (χ0n) is 9.02. The van der Waals surface area contributed by atoms with Crippen LogP contribution in [0.1, 0.15) is 22.7 Å². The van der Waals surface area contributed by atoms with Gasteiger partial charge in [0.25, 0.3) is 5.91 Å². The van der Waals surface area contributed by atoms with Crippen molar-refractivity contribution in [2.45, 2.75) is 13.3 Å². The Bertz CT molecular complexity index is 413. The summed E-state index contributed by atoms with van der Waals surface area (Å²) < 4.78 is 4.90. The van der Waals surface area contributed by atoms with Crippen molar-refractivity contribution >= 4 is 11.8 Å². The van der Waals surface area contributed by atoms with E-state index in [0.29, 0.717) is 31.7 Å². The summed E-state index contributed by atoms with van der Waals surface area (Å²) in [5.41, 5.74) is 0.673. The molecule has 2 heterocycles. The van der Waals surface area contributed by atoms with Gasteiger partial charge in [-0.05, 0) is 6.92 Å². The van der Waals surface area contributed by atoms with Gasteiger partial charge in [0, 0.05) is 32.1 Å². The van der Waals surface area contributed by atoms with Gasteiger partial charge in [0.15, 0.2) is 0 Å². The zero-order valence-corrected chi connectivity index (χ0v) is 9.02. The molecule has 1 aliphatic heterocycles. The lowest BCUT2D eigenvalue weighted by Gasteiger charge is -2.17. The van der Waals surface area contributed by atoms with Gasteiger partial charge in [0.2, 0.25) is 11.7 Å². The van der Waals surface area contributed by atoms with Crippen molar-refractivity contribution in [3.8, 4) is 0 Å². The number of aryl methyl sites for hydroxylation is 1. The fraction of sp³-hybridized carbons (Fsp3) is 0.500. The highest BCUT2D eigenvalue weighted by Gasteiger charge is 2.22. The molecule has 0 saturated carbocycles. The van der Waals surface area contributed by atoms with Crippen LogP contribution in [0, 0.1) is 6.92 Å². The average Bonchev–Trinajstić information content (AvgIpc) is 2.57. The summed E-state index contributed by atoms with van der Waals surface area (Å²) in [5, 5.41) is 6.37. The van der Waals surface area contributed by atoms with E-state index in [4.69, 9.17) is 4.52 Å². The first kappa shape index (κ1) is 10.7. The van der Waals surface area contributed by atoms with Crippen molar-refractivity contribution in [2.75, 3.05) is 19.6 Å². The first-order valence-corrected chi connectivity index (χ1v) is 5.16. The van der Waals surface area contributed by atoms with Crippen molar-refractivity contribution in [3.63, 3.8) is 0 Å². The molecule has 0 spiro atoms. The van der Waals surface area contributed by atoms with Crippen molar-refractivity contribution in [2.24, 2.45) is 0 Å². The minimum absolute atomic E-state index is 0.0240. The first-order chi connectivity index (χ1) is 7.66. The molecule has 0 aromatic carbocycles. The summed E-state index contributed by atoms with van der Waals surface area (Å²) in [4.78, 5) is 24.6. The van der Waals surface area contributed by atoms with Gasteiger partial charge in [-0.15, -0.1) is 0 Å². The first-order valence-electron chi connectivity index (χ1n) is 5.16. The van der Waals surface area contributed by atoms with Crippen LogP contribution in [0.4, 0.5) is 0 Å². The summed E-state index contributed by atoms with van der Waals surface area (Å²) in [7, 11) is 0. The van der Waals surface area contributed by atoms with Crippen molar-refractivity contribution < 1.29 is 14.1 Å². The van der Waals surface area contributed by atoms with Crippen molar-refractivity contribution in [1.82, 2.24) is 15.4 Å². The summed E-state index contributed by atoms with van der Waals surface area (Å²) in [6, 6.07) is 1.60. The van der Waals surface area contributed by atoms with Gasteiger partial charge in [-0.25, -0.2) is 0 Å². The van der Waals surface area contributed by atoms with Gasteiger partial charge < -0.3 is 14.7 Å². The van der Waals surface area contributed by atoms with Gasteiger partial charge in [0.05, 0.1) is 5.69 Å². The predicted molar refractivity (Wildman–Crippen MR) is 54.8 cm³/mol. The number of nitrogens with zero attached hydrogens (tertiary/aromatic N) is 2. The molecular weight excluding hydrogens is 210 g/mol. The second-order valence-electron chi connectivity index (χ2n) is 3.72. The van der Waals surface area contributed by atoms with Crippen LogP contribution in [-0.4, -0.2) is 41.5 Å². The number of carbonyl (C=O) groups excluding carboxylic acids is 2. The average molecular weight is 223 g/mol. The molecule has 1 aliphatic rings. The van der Waals surface area contributed by atoms with E-state index in [9.17, 15) is 9.59 Å². The summed E-state index contributed by atoms with van der Waals surface area (Å²) in [6.45, 7) is 3.17. The molecule has 2 amide bonds. The SMILES string of the molecule is Cc1cc(C(=O)N2CCNC(=O)CC2)on1. The highest BCUT2D eigenvalue weighted by molar-refractivity contribution is 5.92. The van der Waals surface area contributed by atoms with E-state index in [2.05, 4.69) is 10.5 Å². The van der Waals surface area contributed by atoms with Crippen LogP contribution in [0.15, 0.2) is 10.6 Å². The molecule has 6 nitrogen and oxygen atoms in total. The summed E-state index contributed by atoms with van der Waals surface area (Å²) in [6.07, 6.45) is 0.332. The van der Waals surface area contributed by atoms with E-state index in [-0.39, 0.29) is 17.6 Å². The second kappa shape index (κ2) is 4.34. The van der Waals surface area contributed by atoms with E-state index in [1.165, 1.54) is 0 Å².